The van der Waals surface area contributed by atoms with Crippen LogP contribution in [0.15, 0.2) is 54.3 Å². The third-order valence-electron chi connectivity index (χ3n) is 9.66. The molecule has 2 aromatic carbocycles. The van der Waals surface area contributed by atoms with Gasteiger partial charge in [-0.2, -0.15) is 0 Å². The molecule has 0 fully saturated rings. The molecule has 11 nitrogen and oxygen atoms in total. The lowest BCUT2D eigenvalue weighted by Gasteiger charge is -2.28. The lowest BCUT2D eigenvalue weighted by Crippen LogP contribution is -2.44. The van der Waals surface area contributed by atoms with E-state index in [0.717, 1.165) is 87.2 Å². The minimum atomic E-state index is -0.637. The zero-order chi connectivity index (χ0) is 33.9. The number of carbonyl (C=O) groups is 2. The summed E-state index contributed by atoms with van der Waals surface area (Å²) in [6.45, 7) is 9.83. The first-order chi connectivity index (χ1) is 23.2. The normalized spacial score (nSPS) is 15.4. The summed E-state index contributed by atoms with van der Waals surface area (Å²) in [5, 5.41) is 4.68. The molecule has 252 valence electrons. The Morgan fingerprint density at radius 2 is 1.90 bits per heavy atom. The highest BCUT2D eigenvalue weighted by Crippen LogP contribution is 2.41. The molecule has 0 radical (unpaired) electrons. The molecule has 1 aliphatic carbocycles. The molecule has 2 atom stereocenters. The van der Waals surface area contributed by atoms with E-state index in [2.05, 4.69) is 93.3 Å². The predicted octanol–water partition coefficient (Wildman–Crippen LogP) is 6.34. The van der Waals surface area contributed by atoms with E-state index in [-0.39, 0.29) is 18.5 Å². The summed E-state index contributed by atoms with van der Waals surface area (Å²) in [7, 11) is 3.41. The molecule has 0 saturated carbocycles. The van der Waals surface area contributed by atoms with Crippen molar-refractivity contribution in [3.05, 3.63) is 77.2 Å². The Kier molecular flexibility index (Phi) is 9.68. The second-order valence-electron chi connectivity index (χ2n) is 12.8. The van der Waals surface area contributed by atoms with Crippen LogP contribution in [0.4, 0.5) is 4.79 Å². The lowest BCUT2D eigenvalue weighted by atomic mass is 9.93. The number of hydrogen-bond acceptors (Lipinski definition) is 7. The first-order valence-electron chi connectivity index (χ1n) is 16.7. The number of nitrogens with zero attached hydrogens (tertiary/aromatic N) is 4. The maximum Gasteiger partial charge on any atom is 0.407 e. The van der Waals surface area contributed by atoms with Gasteiger partial charge in [0.15, 0.2) is 0 Å². The number of ether oxygens (including phenoxy) is 2. The molecule has 4 aromatic rings. The van der Waals surface area contributed by atoms with E-state index in [1.54, 1.807) is 4.90 Å². The summed E-state index contributed by atoms with van der Waals surface area (Å²) in [6, 6.07) is 9.07. The molecular formula is C37H45N7O4. The zero-order valence-corrected chi connectivity index (χ0v) is 28.6. The topological polar surface area (TPSA) is 128 Å². The zero-order valence-electron chi connectivity index (χ0n) is 28.6. The minimum Gasteiger partial charge on any atom is -0.488 e. The molecule has 0 unspecified atom stereocenters. The third-order valence-corrected chi connectivity index (χ3v) is 9.66. The quantitative estimate of drug-likeness (QED) is 0.173. The van der Waals surface area contributed by atoms with Crippen LogP contribution in [0.5, 0.6) is 5.75 Å². The number of imidazole rings is 2. The van der Waals surface area contributed by atoms with E-state index in [0.29, 0.717) is 25.0 Å². The summed E-state index contributed by atoms with van der Waals surface area (Å²) in [5.74, 6) is 2.30. The molecule has 2 aromatic heterocycles. The minimum absolute atomic E-state index is 0.0312. The van der Waals surface area contributed by atoms with Crippen LogP contribution in [0, 0.1) is 0 Å². The van der Waals surface area contributed by atoms with Crippen LogP contribution in [0.25, 0.3) is 33.0 Å². The third kappa shape index (κ3) is 6.73. The number of rotatable bonds is 11. The second-order valence-corrected chi connectivity index (χ2v) is 12.8. The van der Waals surface area contributed by atoms with Crippen LogP contribution < -0.4 is 10.1 Å². The number of amides is 2. The second kappa shape index (κ2) is 14.1. The number of fused-ring (bicyclic) bond motifs is 5. The number of aromatic amines is 2. The monoisotopic (exact) mass is 651 g/mol. The Labute approximate surface area is 281 Å². The fourth-order valence-corrected chi connectivity index (χ4v) is 6.27. The SMILES string of the molecule is CC[C@H](C)N(C)Cc1nc2c(ccc3cc4c(cc32)OCC2=C4C=CCC(c3cnc(CN(C(=O)CNC(=O)OC)[C@@H](C)CC)[nH]3)=C2)[nH]1. The van der Waals surface area contributed by atoms with Gasteiger partial charge in [-0.25, -0.2) is 14.8 Å². The smallest absolute Gasteiger partial charge is 0.407 e. The summed E-state index contributed by atoms with van der Waals surface area (Å²) in [5.41, 5.74) is 7.30. The average molecular weight is 652 g/mol. The van der Waals surface area contributed by atoms with Crippen LogP contribution in [0.3, 0.4) is 0 Å². The Morgan fingerprint density at radius 3 is 2.67 bits per heavy atom. The molecule has 0 spiro atoms. The molecule has 48 heavy (non-hydrogen) atoms. The van der Waals surface area contributed by atoms with Crippen molar-refractivity contribution < 1.29 is 19.1 Å². The van der Waals surface area contributed by atoms with Crippen LogP contribution in [0.2, 0.25) is 0 Å². The van der Waals surface area contributed by atoms with Gasteiger partial charge >= 0.3 is 6.09 Å². The van der Waals surface area contributed by atoms with Gasteiger partial charge in [-0.05, 0) is 86.5 Å². The highest BCUT2D eigenvalue weighted by molar-refractivity contribution is 6.06. The highest BCUT2D eigenvalue weighted by Gasteiger charge is 2.24. The maximum atomic E-state index is 13.0. The van der Waals surface area contributed by atoms with Crippen molar-refractivity contribution in [2.45, 2.75) is 72.1 Å². The Morgan fingerprint density at radius 1 is 1.08 bits per heavy atom. The van der Waals surface area contributed by atoms with Crippen molar-refractivity contribution >= 4 is 45.0 Å². The van der Waals surface area contributed by atoms with Gasteiger partial charge in [-0.3, -0.25) is 9.69 Å². The van der Waals surface area contributed by atoms with Crippen LogP contribution in [-0.4, -0.2) is 81.1 Å². The van der Waals surface area contributed by atoms with Gasteiger partial charge < -0.3 is 29.7 Å². The molecule has 3 N–H and O–H groups in total. The number of benzene rings is 2. The van der Waals surface area contributed by atoms with E-state index >= 15 is 0 Å². The molecular weight excluding hydrogens is 606 g/mol. The number of carbonyl (C=O) groups excluding carboxylic acids is 2. The molecule has 0 saturated heterocycles. The van der Waals surface area contributed by atoms with Crippen molar-refractivity contribution in [3.63, 3.8) is 0 Å². The first-order valence-corrected chi connectivity index (χ1v) is 16.7. The van der Waals surface area contributed by atoms with Gasteiger partial charge in [0, 0.05) is 23.0 Å². The highest BCUT2D eigenvalue weighted by atomic mass is 16.5. The van der Waals surface area contributed by atoms with Crippen LogP contribution in [-0.2, 0) is 22.6 Å². The number of alkyl carbamates (subject to hydrolysis) is 1. The number of methoxy groups -OCH3 is 1. The van der Waals surface area contributed by atoms with E-state index in [1.807, 2.05) is 20.0 Å². The Balaban J connectivity index is 1.25. The summed E-state index contributed by atoms with van der Waals surface area (Å²) in [4.78, 5) is 45.1. The molecule has 3 heterocycles. The fraction of sp³-hybridized carbons (Fsp3) is 0.405. The Bertz CT molecular complexity index is 1930. The van der Waals surface area contributed by atoms with E-state index in [9.17, 15) is 9.59 Å². The van der Waals surface area contributed by atoms with Crippen molar-refractivity contribution in [1.82, 2.24) is 35.1 Å². The van der Waals surface area contributed by atoms with Gasteiger partial charge in [0.1, 0.15) is 30.5 Å². The van der Waals surface area contributed by atoms with E-state index < -0.39 is 6.09 Å². The van der Waals surface area contributed by atoms with Gasteiger partial charge in [0.25, 0.3) is 0 Å². The average Bonchev–Trinajstić information content (AvgIpc) is 3.68. The van der Waals surface area contributed by atoms with Crippen molar-refractivity contribution in [1.29, 1.82) is 0 Å². The van der Waals surface area contributed by atoms with E-state index in [1.165, 1.54) is 7.11 Å². The predicted molar refractivity (Wildman–Crippen MR) is 188 cm³/mol. The van der Waals surface area contributed by atoms with Gasteiger partial charge in [-0.15, -0.1) is 0 Å². The van der Waals surface area contributed by atoms with Crippen molar-refractivity contribution in [3.8, 4) is 5.75 Å². The van der Waals surface area contributed by atoms with Gasteiger partial charge in [0.2, 0.25) is 5.91 Å². The van der Waals surface area contributed by atoms with Gasteiger partial charge in [-0.1, -0.05) is 32.1 Å². The van der Waals surface area contributed by atoms with Crippen LogP contribution >= 0.6 is 0 Å². The molecule has 11 heteroatoms. The summed E-state index contributed by atoms with van der Waals surface area (Å²) >= 11 is 0. The number of aromatic nitrogens is 4. The summed E-state index contributed by atoms with van der Waals surface area (Å²) in [6.07, 6.45) is 10.3. The molecule has 2 amide bonds. The standard InChI is InChI=1S/C37H45N7O4/c1-7-22(3)43(5)19-34-40-30-13-12-24-15-29-27-11-9-10-25(14-26(27)21-48-32(29)16-28(24)36(30)42-34)31-17-38-33(41-31)20-44(23(4)8-2)35(45)18-39-37(46)47-6/h9,11-17,22-23H,7-8,10,18-21H2,1-6H3,(H,38,41)(H,39,46)(H,40,42)/t22-,23-/m0/s1. The maximum absolute atomic E-state index is 13.0. The van der Waals surface area contributed by atoms with Crippen molar-refractivity contribution in [2.75, 3.05) is 27.3 Å². The van der Waals surface area contributed by atoms with Crippen LogP contribution in [0.1, 0.15) is 69.9 Å². The summed E-state index contributed by atoms with van der Waals surface area (Å²) < 4.78 is 11.0. The molecule has 6 rings (SSSR count). The van der Waals surface area contributed by atoms with E-state index in [4.69, 9.17) is 9.72 Å². The number of nitrogens with one attached hydrogen (secondary N) is 3. The molecule has 1 aliphatic heterocycles. The first kappa shape index (κ1) is 33.0. The molecule has 2 aliphatic rings. The number of hydrogen-bond donors (Lipinski definition) is 3. The van der Waals surface area contributed by atoms with Crippen molar-refractivity contribution in [2.24, 2.45) is 0 Å². The fourth-order valence-electron chi connectivity index (χ4n) is 6.27. The lowest BCUT2D eigenvalue weighted by molar-refractivity contribution is -0.133. The van der Waals surface area contributed by atoms with Gasteiger partial charge in [0.05, 0.1) is 43.1 Å². The number of H-pyrrole nitrogens is 2. The number of allylic oxidation sites excluding steroid dienone is 4. The molecule has 0 bridgehead atoms. The Hall–Kier alpha value is -4.90. The largest absolute Gasteiger partial charge is 0.488 e.